The number of thiazole rings is 1. The van der Waals surface area contributed by atoms with Gasteiger partial charge in [-0.15, -0.1) is 11.3 Å². The van der Waals surface area contributed by atoms with Crippen LogP contribution in [0.15, 0.2) is 24.3 Å². The van der Waals surface area contributed by atoms with E-state index >= 15 is 0 Å². The third-order valence-electron chi connectivity index (χ3n) is 5.66. The van der Waals surface area contributed by atoms with Crippen molar-refractivity contribution >= 4 is 27.5 Å². The lowest BCUT2D eigenvalue weighted by Gasteiger charge is -2.29. The van der Waals surface area contributed by atoms with Gasteiger partial charge in [-0.2, -0.15) is 0 Å². The monoisotopic (exact) mass is 344 g/mol. The Hall–Kier alpha value is -1.46. The first-order valence-electron chi connectivity index (χ1n) is 8.95. The molecule has 4 rings (SSSR count). The molecule has 0 unspecified atom stereocenters. The van der Waals surface area contributed by atoms with Crippen LogP contribution in [0, 0.1) is 11.3 Å². The molecule has 1 aromatic heterocycles. The highest BCUT2D eigenvalue weighted by Gasteiger charge is 2.43. The lowest BCUT2D eigenvalue weighted by molar-refractivity contribution is -0.126. The molecule has 0 saturated heterocycles. The number of amides is 1. The molecule has 2 atom stereocenters. The van der Waals surface area contributed by atoms with Crippen LogP contribution in [0.5, 0.6) is 0 Å². The Labute approximate surface area is 146 Å². The summed E-state index contributed by atoms with van der Waals surface area (Å²) in [6, 6.07) is 8.21. The number of carbonyl (C=O) groups is 1. The number of benzene rings is 1. The van der Waals surface area contributed by atoms with Crippen LogP contribution in [0.2, 0.25) is 0 Å². The average Bonchev–Trinajstić information content (AvgIpc) is 3.29. The van der Waals surface area contributed by atoms with E-state index in [-0.39, 0.29) is 29.8 Å². The first kappa shape index (κ1) is 16.0. The van der Waals surface area contributed by atoms with E-state index in [4.69, 9.17) is 4.98 Å². The van der Waals surface area contributed by atoms with Crippen LogP contribution in [0.3, 0.4) is 0 Å². The number of nitrogens with one attached hydrogen (secondary N) is 1. The number of aliphatic hydroxyl groups is 1. The van der Waals surface area contributed by atoms with Crippen LogP contribution in [-0.2, 0) is 4.79 Å². The SMILES string of the molecule is O=C(NCC1(CO)CC1)[C@@H]1CCCC[C@H]1c1nc2ccccc2s1. The van der Waals surface area contributed by atoms with E-state index in [9.17, 15) is 9.90 Å². The van der Waals surface area contributed by atoms with E-state index in [0.717, 1.165) is 42.6 Å². The quantitative estimate of drug-likeness (QED) is 0.873. The summed E-state index contributed by atoms with van der Waals surface area (Å²) in [5.74, 6) is 0.410. The minimum atomic E-state index is -0.0321. The van der Waals surface area contributed by atoms with Gasteiger partial charge >= 0.3 is 0 Å². The lowest BCUT2D eigenvalue weighted by Crippen LogP contribution is -2.39. The molecule has 128 valence electrons. The zero-order valence-electron chi connectivity index (χ0n) is 13.8. The minimum Gasteiger partial charge on any atom is -0.396 e. The molecule has 0 radical (unpaired) electrons. The largest absolute Gasteiger partial charge is 0.396 e. The van der Waals surface area contributed by atoms with Crippen molar-refractivity contribution in [2.24, 2.45) is 11.3 Å². The first-order chi connectivity index (χ1) is 11.7. The molecule has 2 saturated carbocycles. The van der Waals surface area contributed by atoms with Gasteiger partial charge in [0, 0.05) is 23.8 Å². The van der Waals surface area contributed by atoms with Gasteiger partial charge < -0.3 is 10.4 Å². The van der Waals surface area contributed by atoms with Crippen LogP contribution < -0.4 is 5.32 Å². The molecule has 2 N–H and O–H groups in total. The van der Waals surface area contributed by atoms with Crippen molar-refractivity contribution in [3.8, 4) is 0 Å². The van der Waals surface area contributed by atoms with Crippen molar-refractivity contribution in [1.29, 1.82) is 0 Å². The minimum absolute atomic E-state index is 0.0220. The molecule has 1 aromatic carbocycles. The van der Waals surface area contributed by atoms with Crippen LogP contribution in [0.25, 0.3) is 10.2 Å². The van der Waals surface area contributed by atoms with E-state index < -0.39 is 0 Å². The highest BCUT2D eigenvalue weighted by atomic mass is 32.1. The Kier molecular flexibility index (Phi) is 4.31. The second-order valence-electron chi connectivity index (χ2n) is 7.39. The van der Waals surface area contributed by atoms with E-state index in [2.05, 4.69) is 11.4 Å². The summed E-state index contributed by atoms with van der Waals surface area (Å²) in [5, 5.41) is 13.7. The van der Waals surface area contributed by atoms with Gasteiger partial charge in [-0.3, -0.25) is 4.79 Å². The van der Waals surface area contributed by atoms with Crippen LogP contribution >= 0.6 is 11.3 Å². The number of hydrogen-bond acceptors (Lipinski definition) is 4. The van der Waals surface area contributed by atoms with Crippen molar-refractivity contribution in [2.75, 3.05) is 13.2 Å². The maximum absolute atomic E-state index is 12.8. The summed E-state index contributed by atoms with van der Waals surface area (Å²) in [6.45, 7) is 0.796. The molecular weight excluding hydrogens is 320 g/mol. The molecule has 2 aromatic rings. The molecule has 0 aliphatic heterocycles. The summed E-state index contributed by atoms with van der Waals surface area (Å²) in [7, 11) is 0. The molecule has 24 heavy (non-hydrogen) atoms. The van der Waals surface area contributed by atoms with Gasteiger partial charge in [0.05, 0.1) is 21.8 Å². The fourth-order valence-corrected chi connectivity index (χ4v) is 4.93. The zero-order valence-corrected chi connectivity index (χ0v) is 14.6. The maximum atomic E-state index is 12.8. The molecule has 2 fully saturated rings. The van der Waals surface area contributed by atoms with E-state index in [1.807, 2.05) is 18.2 Å². The number of hydrogen-bond donors (Lipinski definition) is 2. The maximum Gasteiger partial charge on any atom is 0.223 e. The standard InChI is InChI=1S/C19H24N2O2S/c22-12-19(9-10-19)11-20-17(23)13-5-1-2-6-14(13)18-21-15-7-3-4-8-16(15)24-18/h3-4,7-8,13-14,22H,1-2,5-6,9-12H2,(H,20,23)/t13-,14-/m1/s1. The summed E-state index contributed by atoms with van der Waals surface area (Å²) >= 11 is 1.73. The number of fused-ring (bicyclic) bond motifs is 1. The summed E-state index contributed by atoms with van der Waals surface area (Å²) in [5.41, 5.74) is 1.01. The molecule has 0 bridgehead atoms. The van der Waals surface area contributed by atoms with Gasteiger partial charge in [0.25, 0.3) is 0 Å². The Morgan fingerprint density at radius 3 is 2.83 bits per heavy atom. The van der Waals surface area contributed by atoms with Crippen LogP contribution in [0.1, 0.15) is 49.5 Å². The Morgan fingerprint density at radius 2 is 2.08 bits per heavy atom. The van der Waals surface area contributed by atoms with Gasteiger partial charge in [0.15, 0.2) is 0 Å². The number of aliphatic hydroxyl groups excluding tert-OH is 1. The average molecular weight is 344 g/mol. The topological polar surface area (TPSA) is 62.2 Å². The second kappa shape index (κ2) is 6.45. The van der Waals surface area contributed by atoms with Gasteiger partial charge in [0.1, 0.15) is 0 Å². The van der Waals surface area contributed by atoms with Gasteiger partial charge in [-0.1, -0.05) is 25.0 Å². The van der Waals surface area contributed by atoms with Crippen molar-refractivity contribution in [3.63, 3.8) is 0 Å². The Morgan fingerprint density at radius 1 is 1.29 bits per heavy atom. The van der Waals surface area contributed by atoms with Crippen LogP contribution in [-0.4, -0.2) is 29.1 Å². The predicted molar refractivity (Wildman–Crippen MR) is 96.1 cm³/mol. The summed E-state index contributed by atoms with van der Waals surface area (Å²) in [6.07, 6.45) is 6.32. The molecule has 2 aliphatic carbocycles. The van der Waals surface area contributed by atoms with Gasteiger partial charge in [-0.05, 0) is 37.8 Å². The third kappa shape index (κ3) is 3.07. The summed E-state index contributed by atoms with van der Waals surface area (Å²) in [4.78, 5) is 17.6. The van der Waals surface area contributed by atoms with E-state index in [1.54, 1.807) is 11.3 Å². The number of nitrogens with zero attached hydrogens (tertiary/aromatic N) is 1. The van der Waals surface area contributed by atoms with Gasteiger partial charge in [0.2, 0.25) is 5.91 Å². The van der Waals surface area contributed by atoms with Gasteiger partial charge in [-0.25, -0.2) is 4.98 Å². The highest BCUT2D eigenvalue weighted by molar-refractivity contribution is 7.18. The fraction of sp³-hybridized carbons (Fsp3) is 0.579. The molecule has 0 spiro atoms. The number of aromatic nitrogens is 1. The molecule has 5 heteroatoms. The van der Waals surface area contributed by atoms with E-state index in [1.165, 1.54) is 11.1 Å². The van der Waals surface area contributed by atoms with Crippen molar-refractivity contribution in [2.45, 2.75) is 44.4 Å². The lowest BCUT2D eigenvalue weighted by atomic mass is 9.79. The van der Waals surface area contributed by atoms with Crippen LogP contribution in [0.4, 0.5) is 0 Å². The van der Waals surface area contributed by atoms with E-state index in [0.29, 0.717) is 6.54 Å². The number of carbonyl (C=O) groups excluding carboxylic acids is 1. The number of rotatable bonds is 5. The predicted octanol–water partition coefficient (Wildman–Crippen LogP) is 3.46. The third-order valence-corrected chi connectivity index (χ3v) is 6.83. The van der Waals surface area contributed by atoms with Crippen molar-refractivity contribution in [3.05, 3.63) is 29.3 Å². The zero-order chi connectivity index (χ0) is 16.6. The summed E-state index contributed by atoms with van der Waals surface area (Å²) < 4.78 is 1.20. The smallest absolute Gasteiger partial charge is 0.223 e. The molecule has 1 amide bonds. The molecule has 4 nitrogen and oxygen atoms in total. The Bertz CT molecular complexity index is 705. The molecule has 1 heterocycles. The molecular formula is C19H24N2O2S. The van der Waals surface area contributed by atoms with Crippen molar-refractivity contribution in [1.82, 2.24) is 10.3 Å². The molecule has 2 aliphatic rings. The number of para-hydroxylation sites is 1. The van der Waals surface area contributed by atoms with Crippen molar-refractivity contribution < 1.29 is 9.90 Å². The highest BCUT2D eigenvalue weighted by Crippen LogP contribution is 2.45. The fourth-order valence-electron chi connectivity index (χ4n) is 3.76. The normalized spacial score (nSPS) is 25.5. The Balaban J connectivity index is 1.50. The second-order valence-corrected chi connectivity index (χ2v) is 8.46. The first-order valence-corrected chi connectivity index (χ1v) is 9.76.